The van der Waals surface area contributed by atoms with Crippen LogP contribution in [0.2, 0.25) is 10.0 Å². The van der Waals surface area contributed by atoms with E-state index in [-0.39, 0.29) is 24.1 Å². The summed E-state index contributed by atoms with van der Waals surface area (Å²) in [5, 5.41) is 3.59. The first-order chi connectivity index (χ1) is 15.1. The normalized spacial score (nSPS) is 12.0. The predicted molar refractivity (Wildman–Crippen MR) is 119 cm³/mol. The number of benzene rings is 1. The molecule has 0 aliphatic rings. The Labute approximate surface area is 192 Å². The number of ether oxygens (including phenoxy) is 1. The highest BCUT2D eigenvalue weighted by molar-refractivity contribution is 6.35. The Morgan fingerprint density at radius 3 is 2.59 bits per heavy atom. The van der Waals surface area contributed by atoms with E-state index in [4.69, 9.17) is 27.9 Å². The number of aryl methyl sites for hydroxylation is 2. The predicted octanol–water partition coefficient (Wildman–Crippen LogP) is 1.55. The Hall–Kier alpha value is -3.11. The molecular formula is C20H21Cl2N5O5. The van der Waals surface area contributed by atoms with Gasteiger partial charge in [0.15, 0.2) is 17.8 Å². The number of imidazole rings is 1. The van der Waals surface area contributed by atoms with E-state index < -0.39 is 35.8 Å². The molecule has 0 saturated heterocycles. The van der Waals surface area contributed by atoms with Crippen LogP contribution in [-0.2, 0) is 35.0 Å². The molecule has 1 atom stereocenters. The summed E-state index contributed by atoms with van der Waals surface area (Å²) in [6, 6.07) is 4.53. The number of aromatic nitrogens is 4. The van der Waals surface area contributed by atoms with Gasteiger partial charge in [0.25, 0.3) is 11.5 Å². The molecule has 3 rings (SSSR count). The lowest BCUT2D eigenvalue weighted by Gasteiger charge is -2.16. The average Bonchev–Trinajstić information content (AvgIpc) is 3.17. The van der Waals surface area contributed by atoms with Crippen molar-refractivity contribution in [3.63, 3.8) is 0 Å². The van der Waals surface area contributed by atoms with E-state index in [1.54, 1.807) is 25.1 Å². The fourth-order valence-electron chi connectivity index (χ4n) is 3.21. The van der Waals surface area contributed by atoms with Crippen LogP contribution >= 0.6 is 23.2 Å². The Morgan fingerprint density at radius 2 is 1.91 bits per heavy atom. The molecule has 0 spiro atoms. The number of hydrogen-bond acceptors (Lipinski definition) is 6. The third-order valence-corrected chi connectivity index (χ3v) is 5.51. The molecule has 10 nitrogen and oxygen atoms in total. The highest BCUT2D eigenvalue weighted by Crippen LogP contribution is 2.26. The number of fused-ring (bicyclic) bond motifs is 1. The topological polar surface area (TPSA) is 117 Å². The molecule has 0 radical (unpaired) electrons. The zero-order valence-electron chi connectivity index (χ0n) is 17.6. The summed E-state index contributed by atoms with van der Waals surface area (Å²) in [6.45, 7) is 1.38. The summed E-state index contributed by atoms with van der Waals surface area (Å²) < 4.78 is 8.72. The number of hydrogen-bond donors (Lipinski definition) is 1. The molecule has 2 aromatic heterocycles. The summed E-state index contributed by atoms with van der Waals surface area (Å²) in [4.78, 5) is 52.7. The van der Waals surface area contributed by atoms with Crippen molar-refractivity contribution in [2.24, 2.45) is 14.1 Å². The van der Waals surface area contributed by atoms with Crippen molar-refractivity contribution >= 4 is 46.2 Å². The lowest BCUT2D eigenvalue weighted by Crippen LogP contribution is -2.37. The Kier molecular flexibility index (Phi) is 7.05. The van der Waals surface area contributed by atoms with Gasteiger partial charge in [-0.25, -0.2) is 9.78 Å². The van der Waals surface area contributed by atoms with E-state index in [1.807, 2.05) is 0 Å². The molecule has 32 heavy (non-hydrogen) atoms. The molecule has 1 aromatic carbocycles. The molecule has 1 amide bonds. The molecule has 0 fully saturated rings. The third kappa shape index (κ3) is 4.86. The lowest BCUT2D eigenvalue weighted by atomic mass is 10.1. The van der Waals surface area contributed by atoms with Crippen LogP contribution in [0.3, 0.4) is 0 Å². The molecule has 170 valence electrons. The van der Waals surface area contributed by atoms with Crippen LogP contribution < -0.4 is 16.6 Å². The number of nitrogens with one attached hydrogen (secondary N) is 1. The number of nitrogens with zero attached hydrogens (tertiary/aromatic N) is 4. The van der Waals surface area contributed by atoms with Crippen LogP contribution in [0, 0.1) is 0 Å². The number of rotatable bonds is 7. The maximum atomic E-state index is 12.4. The van der Waals surface area contributed by atoms with E-state index in [0.717, 1.165) is 4.57 Å². The lowest BCUT2D eigenvalue weighted by molar-refractivity contribution is -0.148. The zero-order chi connectivity index (χ0) is 23.6. The molecule has 0 aliphatic carbocycles. The Bertz CT molecular complexity index is 1310. The van der Waals surface area contributed by atoms with Gasteiger partial charge in [0.2, 0.25) is 0 Å². The minimum atomic E-state index is -0.624. The molecule has 1 unspecified atom stereocenters. The first kappa shape index (κ1) is 23.6. The van der Waals surface area contributed by atoms with Gasteiger partial charge in [-0.2, -0.15) is 0 Å². The summed E-state index contributed by atoms with van der Waals surface area (Å²) in [7, 11) is 2.87. The smallest absolute Gasteiger partial charge is 0.332 e. The number of esters is 1. The molecule has 0 aliphatic heterocycles. The number of halogens is 2. The molecular weight excluding hydrogens is 461 g/mol. The second-order valence-corrected chi connectivity index (χ2v) is 8.03. The zero-order valence-corrected chi connectivity index (χ0v) is 19.1. The summed E-state index contributed by atoms with van der Waals surface area (Å²) in [5.74, 6) is -1.12. The maximum Gasteiger partial charge on any atom is 0.332 e. The highest BCUT2D eigenvalue weighted by atomic mass is 35.5. The van der Waals surface area contributed by atoms with Crippen molar-refractivity contribution in [2.75, 3.05) is 6.61 Å². The SMILES string of the molecule is CC(NC(=O)COC(=O)CCn1cnc2c1c(=O)n(C)c(=O)n2C)c1ccc(Cl)cc1Cl. The molecule has 2 heterocycles. The van der Waals surface area contributed by atoms with Crippen LogP contribution in [0.25, 0.3) is 11.2 Å². The van der Waals surface area contributed by atoms with E-state index >= 15 is 0 Å². The van der Waals surface area contributed by atoms with Crippen LogP contribution in [0.15, 0.2) is 34.1 Å². The quantitative estimate of drug-likeness (QED) is 0.511. The molecule has 0 bridgehead atoms. The van der Waals surface area contributed by atoms with Crippen LogP contribution in [0.4, 0.5) is 0 Å². The fraction of sp³-hybridized carbons (Fsp3) is 0.350. The fourth-order valence-corrected chi connectivity index (χ4v) is 3.78. The number of carbonyl (C=O) groups excluding carboxylic acids is 2. The standard InChI is InChI=1S/C20H21Cl2N5O5/c1-11(13-5-4-12(21)8-14(13)22)24-15(28)9-32-16(29)6-7-27-10-23-18-17(27)19(30)26(3)20(31)25(18)2/h4-5,8,10-11H,6-7,9H2,1-3H3,(H,24,28). The number of amides is 1. The van der Waals surface area contributed by atoms with Gasteiger partial charge >= 0.3 is 11.7 Å². The van der Waals surface area contributed by atoms with Crippen molar-refractivity contribution in [3.05, 3.63) is 61.0 Å². The largest absolute Gasteiger partial charge is 0.456 e. The molecule has 12 heteroatoms. The highest BCUT2D eigenvalue weighted by Gasteiger charge is 2.17. The van der Waals surface area contributed by atoms with E-state index in [0.29, 0.717) is 15.6 Å². The van der Waals surface area contributed by atoms with Crippen molar-refractivity contribution in [3.8, 4) is 0 Å². The Balaban J connectivity index is 1.56. The Morgan fingerprint density at radius 1 is 1.19 bits per heavy atom. The first-order valence-electron chi connectivity index (χ1n) is 9.61. The van der Waals surface area contributed by atoms with Crippen LogP contribution in [-0.4, -0.2) is 37.2 Å². The van der Waals surface area contributed by atoms with Crippen molar-refractivity contribution in [2.45, 2.75) is 25.9 Å². The van der Waals surface area contributed by atoms with E-state index in [2.05, 4.69) is 10.3 Å². The second kappa shape index (κ2) is 9.58. The van der Waals surface area contributed by atoms with Gasteiger partial charge in [-0.05, 0) is 24.6 Å². The second-order valence-electron chi connectivity index (χ2n) is 7.18. The minimum Gasteiger partial charge on any atom is -0.456 e. The van der Waals surface area contributed by atoms with E-state index in [9.17, 15) is 19.2 Å². The molecule has 3 aromatic rings. The summed E-state index contributed by atoms with van der Waals surface area (Å²) >= 11 is 12.0. The van der Waals surface area contributed by atoms with Gasteiger partial charge in [-0.1, -0.05) is 29.3 Å². The van der Waals surface area contributed by atoms with Crippen molar-refractivity contribution in [1.82, 2.24) is 24.0 Å². The average molecular weight is 482 g/mol. The van der Waals surface area contributed by atoms with Gasteiger partial charge in [-0.15, -0.1) is 0 Å². The molecule has 1 N–H and O–H groups in total. The van der Waals surface area contributed by atoms with Gasteiger partial charge in [0.05, 0.1) is 18.8 Å². The van der Waals surface area contributed by atoms with E-state index in [1.165, 1.54) is 29.6 Å². The maximum absolute atomic E-state index is 12.4. The third-order valence-electron chi connectivity index (χ3n) is 4.94. The van der Waals surface area contributed by atoms with Crippen molar-refractivity contribution in [1.29, 1.82) is 0 Å². The van der Waals surface area contributed by atoms with Gasteiger partial charge < -0.3 is 14.6 Å². The van der Waals surface area contributed by atoms with Crippen LogP contribution in [0.1, 0.15) is 24.9 Å². The minimum absolute atomic E-state index is 0.0939. The van der Waals surface area contributed by atoms with Crippen molar-refractivity contribution < 1.29 is 14.3 Å². The summed E-state index contributed by atoms with van der Waals surface area (Å²) in [6.07, 6.45) is 1.28. The van der Waals surface area contributed by atoms with Gasteiger partial charge in [0, 0.05) is 30.7 Å². The van der Waals surface area contributed by atoms with Crippen LogP contribution in [0.5, 0.6) is 0 Å². The molecule has 0 saturated carbocycles. The number of carbonyl (C=O) groups is 2. The first-order valence-corrected chi connectivity index (χ1v) is 10.4. The summed E-state index contributed by atoms with van der Waals surface area (Å²) in [5.41, 5.74) is 0.101. The monoisotopic (exact) mass is 481 g/mol. The van der Waals surface area contributed by atoms with Gasteiger partial charge in [0.1, 0.15) is 0 Å². The van der Waals surface area contributed by atoms with Gasteiger partial charge in [-0.3, -0.25) is 23.5 Å².